The molecule has 2 nitrogen and oxygen atoms in total. The molecular formula is C15H24N2. The lowest BCUT2D eigenvalue weighted by Crippen LogP contribution is -2.35. The van der Waals surface area contributed by atoms with E-state index >= 15 is 0 Å². The largest absolute Gasteiger partial charge is 0.310 e. The van der Waals surface area contributed by atoms with Gasteiger partial charge in [-0.1, -0.05) is 19.9 Å². The van der Waals surface area contributed by atoms with Crippen molar-refractivity contribution in [1.82, 2.24) is 10.3 Å². The molecule has 1 N–H and O–H groups in total. The number of hydrogen-bond donors (Lipinski definition) is 1. The van der Waals surface area contributed by atoms with E-state index in [0.717, 1.165) is 6.54 Å². The molecule has 0 saturated heterocycles. The van der Waals surface area contributed by atoms with Crippen molar-refractivity contribution in [1.29, 1.82) is 0 Å². The molecule has 0 unspecified atom stereocenters. The minimum Gasteiger partial charge on any atom is -0.310 e. The highest BCUT2D eigenvalue weighted by Gasteiger charge is 2.26. The summed E-state index contributed by atoms with van der Waals surface area (Å²) in [6.07, 6.45) is 9.19. The van der Waals surface area contributed by atoms with E-state index in [-0.39, 0.29) is 0 Å². The summed E-state index contributed by atoms with van der Waals surface area (Å²) < 4.78 is 0. The fraction of sp³-hybridized carbons (Fsp3) is 0.667. The molecule has 94 valence electrons. The third-order valence-electron chi connectivity index (χ3n) is 3.87. The van der Waals surface area contributed by atoms with Crippen molar-refractivity contribution in [3.8, 4) is 0 Å². The van der Waals surface area contributed by atoms with Crippen molar-refractivity contribution in [2.24, 2.45) is 5.41 Å². The summed E-state index contributed by atoms with van der Waals surface area (Å²) in [7, 11) is 0. The minimum atomic E-state index is 0.559. The van der Waals surface area contributed by atoms with Crippen LogP contribution < -0.4 is 5.32 Å². The monoisotopic (exact) mass is 232 g/mol. The van der Waals surface area contributed by atoms with Gasteiger partial charge in [0.25, 0.3) is 0 Å². The van der Waals surface area contributed by atoms with Gasteiger partial charge in [-0.2, -0.15) is 0 Å². The van der Waals surface area contributed by atoms with E-state index in [1.54, 1.807) is 0 Å². The zero-order chi connectivity index (χ0) is 12.3. The second kappa shape index (κ2) is 5.18. The number of hydrogen-bond acceptors (Lipinski definition) is 2. The lowest BCUT2D eigenvalue weighted by atomic mass is 9.75. The van der Waals surface area contributed by atoms with Crippen LogP contribution >= 0.6 is 0 Å². The standard InChI is InChI=1S/C15H24N2/c1-12-8-13(10-16-9-12)11-17-14-4-6-15(2,3)7-5-14/h8-10,14,17H,4-7,11H2,1-3H3. The first kappa shape index (κ1) is 12.6. The zero-order valence-electron chi connectivity index (χ0n) is 11.3. The van der Waals surface area contributed by atoms with Crippen molar-refractivity contribution < 1.29 is 0 Å². The summed E-state index contributed by atoms with van der Waals surface area (Å²) in [5.41, 5.74) is 3.10. The predicted octanol–water partition coefficient (Wildman–Crippen LogP) is 3.45. The molecule has 1 aromatic rings. The number of nitrogens with one attached hydrogen (secondary N) is 1. The molecule has 2 heteroatoms. The smallest absolute Gasteiger partial charge is 0.0313 e. The van der Waals surface area contributed by atoms with Crippen molar-refractivity contribution in [3.63, 3.8) is 0 Å². The van der Waals surface area contributed by atoms with Gasteiger partial charge < -0.3 is 5.32 Å². The lowest BCUT2D eigenvalue weighted by Gasteiger charge is -2.34. The topological polar surface area (TPSA) is 24.9 Å². The fourth-order valence-electron chi connectivity index (χ4n) is 2.58. The van der Waals surface area contributed by atoms with Gasteiger partial charge in [0.05, 0.1) is 0 Å². The Hall–Kier alpha value is -0.890. The number of nitrogens with zero attached hydrogens (tertiary/aromatic N) is 1. The van der Waals surface area contributed by atoms with Crippen LogP contribution in [0.2, 0.25) is 0 Å². The molecule has 1 fully saturated rings. The highest BCUT2D eigenvalue weighted by Crippen LogP contribution is 2.35. The van der Waals surface area contributed by atoms with Crippen molar-refractivity contribution >= 4 is 0 Å². The molecule has 2 rings (SSSR count). The highest BCUT2D eigenvalue weighted by molar-refractivity contribution is 5.16. The van der Waals surface area contributed by atoms with Gasteiger partial charge in [-0.25, -0.2) is 0 Å². The van der Waals surface area contributed by atoms with E-state index in [1.807, 2.05) is 12.4 Å². The van der Waals surface area contributed by atoms with E-state index in [2.05, 4.69) is 37.1 Å². The first-order chi connectivity index (χ1) is 8.05. The Bertz CT molecular complexity index is 361. The first-order valence-electron chi connectivity index (χ1n) is 6.69. The average molecular weight is 232 g/mol. The SMILES string of the molecule is Cc1cncc(CNC2CCC(C)(C)CC2)c1. The van der Waals surface area contributed by atoms with Crippen LogP contribution in [0.4, 0.5) is 0 Å². The van der Waals surface area contributed by atoms with Gasteiger partial charge in [0, 0.05) is 25.0 Å². The van der Waals surface area contributed by atoms with Crippen molar-refractivity contribution in [3.05, 3.63) is 29.6 Å². The van der Waals surface area contributed by atoms with Gasteiger partial charge in [0.2, 0.25) is 0 Å². The van der Waals surface area contributed by atoms with E-state index in [0.29, 0.717) is 11.5 Å². The second-order valence-corrected chi connectivity index (χ2v) is 6.19. The maximum atomic E-state index is 4.23. The Morgan fingerprint density at radius 3 is 2.65 bits per heavy atom. The third kappa shape index (κ3) is 3.81. The lowest BCUT2D eigenvalue weighted by molar-refractivity contribution is 0.206. The van der Waals surface area contributed by atoms with Crippen LogP contribution in [-0.4, -0.2) is 11.0 Å². The Kier molecular flexibility index (Phi) is 3.82. The maximum absolute atomic E-state index is 4.23. The Morgan fingerprint density at radius 1 is 1.29 bits per heavy atom. The predicted molar refractivity (Wildman–Crippen MR) is 71.9 cm³/mol. The van der Waals surface area contributed by atoms with Crippen LogP contribution in [-0.2, 0) is 6.54 Å². The van der Waals surface area contributed by atoms with Crippen molar-refractivity contribution in [2.75, 3.05) is 0 Å². The number of aromatic nitrogens is 1. The Labute approximate surface area is 105 Å². The van der Waals surface area contributed by atoms with E-state index in [9.17, 15) is 0 Å². The molecular weight excluding hydrogens is 208 g/mol. The number of aryl methyl sites for hydroxylation is 1. The van der Waals surface area contributed by atoms with Gasteiger partial charge in [-0.05, 0) is 49.1 Å². The number of rotatable bonds is 3. The summed E-state index contributed by atoms with van der Waals surface area (Å²) >= 11 is 0. The normalized spacial score (nSPS) is 20.4. The molecule has 1 heterocycles. The molecule has 1 aliphatic carbocycles. The molecule has 0 spiro atoms. The summed E-state index contributed by atoms with van der Waals surface area (Å²) in [4.78, 5) is 4.23. The summed E-state index contributed by atoms with van der Waals surface area (Å²) in [5.74, 6) is 0. The molecule has 1 aliphatic rings. The van der Waals surface area contributed by atoms with Gasteiger partial charge in [-0.15, -0.1) is 0 Å². The van der Waals surface area contributed by atoms with Crippen molar-refractivity contribution in [2.45, 2.75) is 59.0 Å². The van der Waals surface area contributed by atoms with E-state index in [4.69, 9.17) is 0 Å². The molecule has 0 atom stereocenters. The molecule has 1 saturated carbocycles. The van der Waals surface area contributed by atoms with Gasteiger partial charge in [0.15, 0.2) is 0 Å². The van der Waals surface area contributed by atoms with Crippen LogP contribution in [0.5, 0.6) is 0 Å². The van der Waals surface area contributed by atoms with Gasteiger partial charge >= 0.3 is 0 Å². The van der Waals surface area contributed by atoms with Crippen LogP contribution in [0, 0.1) is 12.3 Å². The Morgan fingerprint density at radius 2 is 2.00 bits per heavy atom. The Balaban J connectivity index is 1.80. The maximum Gasteiger partial charge on any atom is 0.0313 e. The van der Waals surface area contributed by atoms with Gasteiger partial charge in [-0.3, -0.25) is 4.98 Å². The fourth-order valence-corrected chi connectivity index (χ4v) is 2.58. The summed E-state index contributed by atoms with van der Waals surface area (Å²) in [5, 5.41) is 3.66. The quantitative estimate of drug-likeness (QED) is 0.863. The summed E-state index contributed by atoms with van der Waals surface area (Å²) in [6, 6.07) is 2.91. The third-order valence-corrected chi connectivity index (χ3v) is 3.87. The minimum absolute atomic E-state index is 0.559. The molecule has 0 aromatic carbocycles. The zero-order valence-corrected chi connectivity index (χ0v) is 11.3. The first-order valence-corrected chi connectivity index (χ1v) is 6.69. The average Bonchev–Trinajstić information content (AvgIpc) is 2.28. The number of pyridine rings is 1. The molecule has 0 radical (unpaired) electrons. The van der Waals surface area contributed by atoms with E-state index in [1.165, 1.54) is 36.8 Å². The van der Waals surface area contributed by atoms with Gasteiger partial charge in [0.1, 0.15) is 0 Å². The molecule has 0 amide bonds. The van der Waals surface area contributed by atoms with Crippen LogP contribution in [0.1, 0.15) is 50.7 Å². The molecule has 17 heavy (non-hydrogen) atoms. The van der Waals surface area contributed by atoms with Crippen LogP contribution in [0.3, 0.4) is 0 Å². The molecule has 1 aromatic heterocycles. The molecule has 0 bridgehead atoms. The summed E-state index contributed by atoms with van der Waals surface area (Å²) in [6.45, 7) is 7.82. The van der Waals surface area contributed by atoms with Crippen LogP contribution in [0.25, 0.3) is 0 Å². The second-order valence-electron chi connectivity index (χ2n) is 6.19. The van der Waals surface area contributed by atoms with Crippen LogP contribution in [0.15, 0.2) is 18.5 Å². The van der Waals surface area contributed by atoms with E-state index < -0.39 is 0 Å². The highest BCUT2D eigenvalue weighted by atomic mass is 14.9. The molecule has 0 aliphatic heterocycles.